The summed E-state index contributed by atoms with van der Waals surface area (Å²) in [6.07, 6.45) is 0.818. The van der Waals surface area contributed by atoms with Gasteiger partial charge in [0.05, 0.1) is 13.7 Å². The second kappa shape index (κ2) is 8.26. The Kier molecular flexibility index (Phi) is 6.08. The minimum Gasteiger partial charge on any atom is -0.493 e. The summed E-state index contributed by atoms with van der Waals surface area (Å²) >= 11 is 0. The van der Waals surface area contributed by atoms with Crippen LogP contribution in [0.1, 0.15) is 5.56 Å². The molecule has 0 saturated carbocycles. The number of amides is 3. The van der Waals surface area contributed by atoms with Gasteiger partial charge in [0.15, 0.2) is 11.5 Å². The zero-order valence-corrected chi connectivity index (χ0v) is 13.6. The molecule has 0 aromatic heterocycles. The highest BCUT2D eigenvalue weighted by molar-refractivity contribution is 5.74. The number of nitrogens with zero attached hydrogens (tertiary/aromatic N) is 2. The summed E-state index contributed by atoms with van der Waals surface area (Å²) in [5, 5.41) is 2.82. The summed E-state index contributed by atoms with van der Waals surface area (Å²) in [4.78, 5) is 26.0. The van der Waals surface area contributed by atoms with Gasteiger partial charge >= 0.3 is 6.03 Å². The van der Waals surface area contributed by atoms with Gasteiger partial charge < -0.3 is 24.6 Å². The first kappa shape index (κ1) is 16.9. The van der Waals surface area contributed by atoms with Crippen molar-refractivity contribution in [2.24, 2.45) is 0 Å². The Bertz CT molecular complexity index is 542. The molecule has 1 N–H and O–H groups in total. The van der Waals surface area contributed by atoms with Crippen molar-refractivity contribution in [2.75, 3.05) is 46.4 Å². The zero-order chi connectivity index (χ0) is 16.7. The molecule has 7 heteroatoms. The lowest BCUT2D eigenvalue weighted by molar-refractivity contribution is -0.119. The highest BCUT2D eigenvalue weighted by Crippen LogP contribution is 2.27. The summed E-state index contributed by atoms with van der Waals surface area (Å²) in [5.41, 5.74) is 1.09. The third-order valence-electron chi connectivity index (χ3n) is 3.71. The number of nitrogens with one attached hydrogen (secondary N) is 1. The summed E-state index contributed by atoms with van der Waals surface area (Å²) < 4.78 is 10.9. The lowest BCUT2D eigenvalue weighted by atomic mass is 10.2. The van der Waals surface area contributed by atoms with Crippen LogP contribution in [0.2, 0.25) is 0 Å². The Labute approximate surface area is 136 Å². The number of hydrogen-bond donors (Lipinski definition) is 1. The maximum atomic E-state index is 12.0. The van der Waals surface area contributed by atoms with Gasteiger partial charge in [0.2, 0.25) is 6.41 Å². The highest BCUT2D eigenvalue weighted by atomic mass is 16.5. The predicted molar refractivity (Wildman–Crippen MR) is 85.8 cm³/mol. The van der Waals surface area contributed by atoms with Crippen LogP contribution < -0.4 is 14.8 Å². The fourth-order valence-corrected chi connectivity index (χ4v) is 2.36. The van der Waals surface area contributed by atoms with E-state index in [0.717, 1.165) is 12.0 Å². The first-order chi connectivity index (χ1) is 11.1. The lowest BCUT2D eigenvalue weighted by Crippen LogP contribution is -2.51. The molecular weight excluding hydrogens is 298 g/mol. The van der Waals surface area contributed by atoms with Crippen LogP contribution in [-0.2, 0) is 4.79 Å². The molecule has 0 atom stereocenters. The van der Waals surface area contributed by atoms with E-state index in [9.17, 15) is 9.59 Å². The van der Waals surface area contributed by atoms with Gasteiger partial charge in [0.25, 0.3) is 0 Å². The Hall–Kier alpha value is -2.44. The number of rotatable bonds is 6. The van der Waals surface area contributed by atoms with Crippen molar-refractivity contribution in [1.29, 1.82) is 0 Å². The number of piperazine rings is 1. The van der Waals surface area contributed by atoms with E-state index in [1.165, 1.54) is 0 Å². The van der Waals surface area contributed by atoms with Crippen LogP contribution in [0.15, 0.2) is 18.2 Å². The number of ether oxygens (including phenoxy) is 2. The van der Waals surface area contributed by atoms with Gasteiger partial charge in [0, 0.05) is 26.2 Å². The molecule has 1 fully saturated rings. The van der Waals surface area contributed by atoms with Gasteiger partial charge in [-0.05, 0) is 24.6 Å². The molecule has 1 aliphatic rings. The van der Waals surface area contributed by atoms with E-state index >= 15 is 0 Å². The van der Waals surface area contributed by atoms with E-state index in [1.807, 2.05) is 25.1 Å². The Morgan fingerprint density at radius 1 is 1.26 bits per heavy atom. The van der Waals surface area contributed by atoms with E-state index in [-0.39, 0.29) is 6.03 Å². The maximum Gasteiger partial charge on any atom is 0.317 e. The van der Waals surface area contributed by atoms with Crippen molar-refractivity contribution in [2.45, 2.75) is 6.92 Å². The molecule has 0 radical (unpaired) electrons. The van der Waals surface area contributed by atoms with Crippen molar-refractivity contribution < 1.29 is 19.1 Å². The molecule has 3 amide bonds. The van der Waals surface area contributed by atoms with Gasteiger partial charge in [-0.15, -0.1) is 0 Å². The second-order valence-corrected chi connectivity index (χ2v) is 5.36. The molecule has 0 unspecified atom stereocenters. The SMILES string of the molecule is COc1cc(C)ccc1OCCNC(=O)N1CCN(C=O)CC1. The average Bonchev–Trinajstić information content (AvgIpc) is 2.59. The summed E-state index contributed by atoms with van der Waals surface area (Å²) in [7, 11) is 1.60. The van der Waals surface area contributed by atoms with Crippen molar-refractivity contribution >= 4 is 12.4 Å². The van der Waals surface area contributed by atoms with Crippen molar-refractivity contribution in [1.82, 2.24) is 15.1 Å². The summed E-state index contributed by atoms with van der Waals surface area (Å²) in [5.74, 6) is 1.34. The molecule has 1 heterocycles. The molecule has 0 aliphatic carbocycles. The third-order valence-corrected chi connectivity index (χ3v) is 3.71. The van der Waals surface area contributed by atoms with Gasteiger partial charge in [-0.2, -0.15) is 0 Å². The first-order valence-electron chi connectivity index (χ1n) is 7.63. The van der Waals surface area contributed by atoms with Crippen LogP contribution in [0.3, 0.4) is 0 Å². The molecule has 1 aliphatic heterocycles. The largest absolute Gasteiger partial charge is 0.493 e. The normalized spacial score (nSPS) is 14.3. The molecule has 1 aromatic carbocycles. The number of urea groups is 1. The van der Waals surface area contributed by atoms with E-state index in [4.69, 9.17) is 9.47 Å². The highest BCUT2D eigenvalue weighted by Gasteiger charge is 2.19. The monoisotopic (exact) mass is 321 g/mol. The van der Waals surface area contributed by atoms with Crippen LogP contribution in [0.5, 0.6) is 11.5 Å². The number of carbonyl (C=O) groups excluding carboxylic acids is 2. The maximum absolute atomic E-state index is 12.0. The number of carbonyl (C=O) groups is 2. The fraction of sp³-hybridized carbons (Fsp3) is 0.500. The van der Waals surface area contributed by atoms with Crippen molar-refractivity contribution in [3.05, 3.63) is 23.8 Å². The predicted octanol–water partition coefficient (Wildman–Crippen LogP) is 0.866. The molecular formula is C16H23N3O4. The summed E-state index contributed by atoms with van der Waals surface area (Å²) in [6, 6.07) is 5.58. The van der Waals surface area contributed by atoms with Crippen LogP contribution >= 0.6 is 0 Å². The molecule has 0 spiro atoms. The molecule has 7 nitrogen and oxygen atoms in total. The topological polar surface area (TPSA) is 71.1 Å². The second-order valence-electron chi connectivity index (χ2n) is 5.36. The van der Waals surface area contributed by atoms with E-state index in [0.29, 0.717) is 50.8 Å². The molecule has 23 heavy (non-hydrogen) atoms. The van der Waals surface area contributed by atoms with E-state index in [2.05, 4.69) is 5.32 Å². The van der Waals surface area contributed by atoms with Crippen molar-refractivity contribution in [3.63, 3.8) is 0 Å². The van der Waals surface area contributed by atoms with Gasteiger partial charge in [-0.1, -0.05) is 6.07 Å². The molecule has 2 rings (SSSR count). The number of benzene rings is 1. The van der Waals surface area contributed by atoms with Crippen LogP contribution in [0.4, 0.5) is 4.79 Å². The Morgan fingerprint density at radius 2 is 2.00 bits per heavy atom. The Balaban J connectivity index is 1.71. The third kappa shape index (κ3) is 4.77. The summed E-state index contributed by atoms with van der Waals surface area (Å²) in [6.45, 7) is 5.01. The number of hydrogen-bond acceptors (Lipinski definition) is 4. The molecule has 1 saturated heterocycles. The lowest BCUT2D eigenvalue weighted by Gasteiger charge is -2.32. The smallest absolute Gasteiger partial charge is 0.317 e. The number of methoxy groups -OCH3 is 1. The van der Waals surface area contributed by atoms with Crippen LogP contribution in [-0.4, -0.2) is 68.7 Å². The minimum atomic E-state index is -0.130. The Morgan fingerprint density at radius 3 is 2.65 bits per heavy atom. The average molecular weight is 321 g/mol. The quantitative estimate of drug-likeness (QED) is 0.623. The fourth-order valence-electron chi connectivity index (χ4n) is 2.36. The van der Waals surface area contributed by atoms with Crippen LogP contribution in [0.25, 0.3) is 0 Å². The first-order valence-corrected chi connectivity index (χ1v) is 7.63. The van der Waals surface area contributed by atoms with Gasteiger partial charge in [-0.3, -0.25) is 4.79 Å². The molecule has 0 bridgehead atoms. The molecule has 1 aromatic rings. The van der Waals surface area contributed by atoms with Crippen LogP contribution in [0, 0.1) is 6.92 Å². The van der Waals surface area contributed by atoms with E-state index < -0.39 is 0 Å². The minimum absolute atomic E-state index is 0.130. The van der Waals surface area contributed by atoms with E-state index in [1.54, 1.807) is 16.9 Å². The van der Waals surface area contributed by atoms with Crippen molar-refractivity contribution in [3.8, 4) is 11.5 Å². The molecule has 126 valence electrons. The van der Waals surface area contributed by atoms with Gasteiger partial charge in [-0.25, -0.2) is 4.79 Å². The standard InChI is InChI=1S/C16H23N3O4/c1-13-3-4-14(15(11-13)22-2)23-10-5-17-16(21)19-8-6-18(12-20)7-9-19/h3-4,11-12H,5-10H2,1-2H3,(H,17,21). The number of aryl methyl sites for hydroxylation is 1. The zero-order valence-electron chi connectivity index (χ0n) is 13.6. The van der Waals surface area contributed by atoms with Gasteiger partial charge in [0.1, 0.15) is 6.61 Å².